The lowest BCUT2D eigenvalue weighted by molar-refractivity contribution is 0.0671. The van der Waals surface area contributed by atoms with Gasteiger partial charge in [0.1, 0.15) is 0 Å². The summed E-state index contributed by atoms with van der Waals surface area (Å²) in [6.07, 6.45) is -0.237. The first kappa shape index (κ1) is 13.7. The zero-order valence-electron chi connectivity index (χ0n) is 9.52. The summed E-state index contributed by atoms with van der Waals surface area (Å²) in [5, 5.41) is 8.44. The average Bonchev–Trinajstić information content (AvgIpc) is 2.17. The van der Waals surface area contributed by atoms with Crippen LogP contribution >= 0.6 is 0 Å². The summed E-state index contributed by atoms with van der Waals surface area (Å²) in [5.41, 5.74) is 0. The zero-order valence-corrected chi connectivity index (χ0v) is 9.52. The maximum atomic E-state index is 11.5. The Labute approximate surface area is 90.6 Å². The number of carbonyl (C=O) groups excluding carboxylic acids is 1. The van der Waals surface area contributed by atoms with Gasteiger partial charge in [-0.05, 0) is 13.8 Å². The molecule has 0 spiro atoms. The lowest BCUT2D eigenvalue weighted by Gasteiger charge is -2.21. The molecule has 0 aromatic rings. The lowest BCUT2D eigenvalue weighted by atomic mass is 10.4. The molecule has 0 unspecified atom stereocenters. The number of rotatable bonds is 6. The van der Waals surface area contributed by atoms with E-state index in [1.165, 1.54) is 4.90 Å². The minimum absolute atomic E-state index is 0.148. The van der Waals surface area contributed by atoms with Crippen molar-refractivity contribution < 1.29 is 14.3 Å². The summed E-state index contributed by atoms with van der Waals surface area (Å²) in [6.45, 7) is 4.85. The molecule has 0 fully saturated rings. The Morgan fingerprint density at radius 1 is 1.47 bits per heavy atom. The highest BCUT2D eigenvalue weighted by Crippen LogP contribution is 1.99. The van der Waals surface area contributed by atoms with Crippen molar-refractivity contribution in [3.8, 4) is 6.07 Å². The van der Waals surface area contributed by atoms with Crippen LogP contribution in [0.3, 0.4) is 0 Å². The summed E-state index contributed by atoms with van der Waals surface area (Å²) in [7, 11) is 1.57. The standard InChI is InChI=1S/C10H18N2O3/c1-9(2)15-10(13)12(6-4-5-11)7-8-14-3/h9H,4,6-8H2,1-3H3. The maximum absolute atomic E-state index is 11.5. The molecule has 5 nitrogen and oxygen atoms in total. The Morgan fingerprint density at radius 2 is 2.13 bits per heavy atom. The molecule has 15 heavy (non-hydrogen) atoms. The van der Waals surface area contributed by atoms with Gasteiger partial charge in [0, 0.05) is 20.2 Å². The van der Waals surface area contributed by atoms with Crippen molar-refractivity contribution in [2.75, 3.05) is 26.8 Å². The van der Waals surface area contributed by atoms with Crippen LogP contribution in [0.4, 0.5) is 4.79 Å². The number of nitrogens with zero attached hydrogens (tertiary/aromatic N) is 2. The molecule has 0 atom stereocenters. The number of amides is 1. The van der Waals surface area contributed by atoms with Gasteiger partial charge in [-0.15, -0.1) is 0 Å². The van der Waals surface area contributed by atoms with Gasteiger partial charge in [0.15, 0.2) is 0 Å². The van der Waals surface area contributed by atoms with Crippen LogP contribution in [0, 0.1) is 11.3 Å². The minimum Gasteiger partial charge on any atom is -0.447 e. The fraction of sp³-hybridized carbons (Fsp3) is 0.800. The molecular formula is C10H18N2O3. The van der Waals surface area contributed by atoms with E-state index in [-0.39, 0.29) is 6.10 Å². The first-order valence-corrected chi connectivity index (χ1v) is 4.93. The maximum Gasteiger partial charge on any atom is 0.410 e. The van der Waals surface area contributed by atoms with Crippen molar-refractivity contribution in [1.82, 2.24) is 4.90 Å². The van der Waals surface area contributed by atoms with Gasteiger partial charge in [-0.2, -0.15) is 5.26 Å². The summed E-state index contributed by atoms with van der Waals surface area (Å²) in [6, 6.07) is 1.99. The van der Waals surface area contributed by atoms with E-state index in [9.17, 15) is 4.79 Å². The first-order valence-electron chi connectivity index (χ1n) is 4.93. The van der Waals surface area contributed by atoms with Gasteiger partial charge in [-0.1, -0.05) is 0 Å². The first-order chi connectivity index (χ1) is 7.11. The predicted molar refractivity (Wildman–Crippen MR) is 55.3 cm³/mol. The van der Waals surface area contributed by atoms with Gasteiger partial charge < -0.3 is 14.4 Å². The minimum atomic E-state index is -0.391. The Morgan fingerprint density at radius 3 is 2.60 bits per heavy atom. The average molecular weight is 214 g/mol. The van der Waals surface area contributed by atoms with Crippen LogP contribution in [0.2, 0.25) is 0 Å². The molecule has 0 aromatic carbocycles. The molecule has 0 aliphatic carbocycles. The van der Waals surface area contributed by atoms with Crippen LogP contribution in [0.25, 0.3) is 0 Å². The van der Waals surface area contributed by atoms with E-state index < -0.39 is 6.09 Å². The summed E-state index contributed by atoms with van der Waals surface area (Å²) in [5.74, 6) is 0. The number of hydrogen-bond acceptors (Lipinski definition) is 4. The Balaban J connectivity index is 4.08. The Bertz CT molecular complexity index is 223. The molecule has 0 heterocycles. The van der Waals surface area contributed by atoms with Crippen molar-refractivity contribution in [2.24, 2.45) is 0 Å². The Hall–Kier alpha value is -1.28. The summed E-state index contributed by atoms with van der Waals surface area (Å²) < 4.78 is 9.90. The van der Waals surface area contributed by atoms with Crippen LogP contribution in [0.15, 0.2) is 0 Å². The largest absolute Gasteiger partial charge is 0.447 e. The molecule has 0 N–H and O–H groups in total. The molecule has 0 bridgehead atoms. The highest BCUT2D eigenvalue weighted by atomic mass is 16.6. The molecule has 0 radical (unpaired) electrons. The van der Waals surface area contributed by atoms with Gasteiger partial charge in [0.05, 0.1) is 25.2 Å². The molecular weight excluding hydrogens is 196 g/mol. The second-order valence-corrected chi connectivity index (χ2v) is 3.32. The van der Waals surface area contributed by atoms with E-state index in [2.05, 4.69) is 0 Å². The second kappa shape index (κ2) is 8.06. The molecule has 0 saturated heterocycles. The number of ether oxygens (including phenoxy) is 2. The topological polar surface area (TPSA) is 62.6 Å². The summed E-state index contributed by atoms with van der Waals surface area (Å²) >= 11 is 0. The van der Waals surface area contributed by atoms with E-state index in [4.69, 9.17) is 14.7 Å². The van der Waals surface area contributed by atoms with E-state index in [1.54, 1.807) is 21.0 Å². The van der Waals surface area contributed by atoms with Gasteiger partial charge in [0.2, 0.25) is 0 Å². The van der Waals surface area contributed by atoms with Crippen LogP contribution < -0.4 is 0 Å². The van der Waals surface area contributed by atoms with E-state index in [0.29, 0.717) is 26.1 Å². The van der Waals surface area contributed by atoms with Crippen molar-refractivity contribution >= 4 is 6.09 Å². The lowest BCUT2D eigenvalue weighted by Crippen LogP contribution is -2.36. The molecule has 5 heteroatoms. The van der Waals surface area contributed by atoms with Crippen LogP contribution in [0.5, 0.6) is 0 Å². The fourth-order valence-electron chi connectivity index (χ4n) is 0.957. The van der Waals surface area contributed by atoms with E-state index in [0.717, 1.165) is 0 Å². The monoisotopic (exact) mass is 214 g/mol. The zero-order chi connectivity index (χ0) is 11.7. The third-order valence-electron chi connectivity index (χ3n) is 1.65. The van der Waals surface area contributed by atoms with Crippen molar-refractivity contribution in [1.29, 1.82) is 5.26 Å². The van der Waals surface area contributed by atoms with Crippen molar-refractivity contribution in [3.05, 3.63) is 0 Å². The number of hydrogen-bond donors (Lipinski definition) is 0. The number of nitriles is 1. The number of methoxy groups -OCH3 is 1. The van der Waals surface area contributed by atoms with E-state index >= 15 is 0 Å². The van der Waals surface area contributed by atoms with Gasteiger partial charge in [-0.25, -0.2) is 4.79 Å². The summed E-state index contributed by atoms with van der Waals surface area (Å²) in [4.78, 5) is 13.0. The molecule has 0 saturated carbocycles. The van der Waals surface area contributed by atoms with Gasteiger partial charge >= 0.3 is 6.09 Å². The Kier molecular flexibility index (Phi) is 7.38. The molecule has 86 valence electrons. The smallest absolute Gasteiger partial charge is 0.410 e. The quantitative estimate of drug-likeness (QED) is 0.670. The number of carbonyl (C=O) groups is 1. The van der Waals surface area contributed by atoms with Crippen LogP contribution in [-0.2, 0) is 9.47 Å². The molecule has 1 amide bonds. The van der Waals surface area contributed by atoms with Crippen LogP contribution in [-0.4, -0.2) is 43.9 Å². The third kappa shape index (κ3) is 6.75. The molecule has 0 rings (SSSR count). The second-order valence-electron chi connectivity index (χ2n) is 3.32. The molecule has 0 aliphatic heterocycles. The fourth-order valence-corrected chi connectivity index (χ4v) is 0.957. The van der Waals surface area contributed by atoms with Gasteiger partial charge in [0.25, 0.3) is 0 Å². The normalized spacial score (nSPS) is 9.80. The van der Waals surface area contributed by atoms with Crippen molar-refractivity contribution in [3.63, 3.8) is 0 Å². The van der Waals surface area contributed by atoms with E-state index in [1.807, 2.05) is 6.07 Å². The van der Waals surface area contributed by atoms with Gasteiger partial charge in [-0.3, -0.25) is 0 Å². The highest BCUT2D eigenvalue weighted by molar-refractivity contribution is 5.67. The highest BCUT2D eigenvalue weighted by Gasteiger charge is 2.15. The SMILES string of the molecule is COCCN(CCC#N)C(=O)OC(C)C. The van der Waals surface area contributed by atoms with Crippen LogP contribution in [0.1, 0.15) is 20.3 Å². The molecule has 0 aliphatic rings. The van der Waals surface area contributed by atoms with Crippen molar-refractivity contribution in [2.45, 2.75) is 26.4 Å². The predicted octanol–water partition coefficient (Wildman–Crippen LogP) is 1.39. The third-order valence-corrected chi connectivity index (χ3v) is 1.65. The molecule has 0 aromatic heterocycles.